The van der Waals surface area contributed by atoms with Gasteiger partial charge in [0.15, 0.2) is 5.76 Å². The summed E-state index contributed by atoms with van der Waals surface area (Å²) in [5.74, 6) is 0.410. The van der Waals surface area contributed by atoms with Crippen LogP contribution in [0.4, 0.5) is 4.39 Å². The third kappa shape index (κ3) is 5.04. The Labute approximate surface area is 202 Å². The van der Waals surface area contributed by atoms with Crippen molar-refractivity contribution in [2.45, 2.75) is 13.0 Å². The average Bonchev–Trinajstić information content (AvgIpc) is 3.27. The summed E-state index contributed by atoms with van der Waals surface area (Å²) in [6, 6.07) is 22.9. The monoisotopic (exact) mass is 472 g/mol. The van der Waals surface area contributed by atoms with Gasteiger partial charge in [-0.1, -0.05) is 48.5 Å². The Kier molecular flexibility index (Phi) is 6.48. The average molecular weight is 473 g/mol. The SMILES string of the molecule is O=C(Cc1ccc(F)cc1)N1CCN(C(=O)c2oc3ccccc3c2COc2ccccc2)CC1. The number of piperazine rings is 1. The van der Waals surface area contributed by atoms with Crippen LogP contribution in [0.25, 0.3) is 11.0 Å². The minimum absolute atomic E-state index is 0.0376. The van der Waals surface area contributed by atoms with Crippen molar-refractivity contribution in [1.29, 1.82) is 0 Å². The Morgan fingerprint density at radius 1 is 0.829 bits per heavy atom. The zero-order chi connectivity index (χ0) is 24.2. The first-order chi connectivity index (χ1) is 17.1. The van der Waals surface area contributed by atoms with Crippen molar-refractivity contribution >= 4 is 22.8 Å². The maximum atomic E-state index is 13.4. The van der Waals surface area contributed by atoms with Crippen LogP contribution in [0.3, 0.4) is 0 Å². The number of furan rings is 1. The van der Waals surface area contributed by atoms with E-state index in [0.29, 0.717) is 43.1 Å². The maximum absolute atomic E-state index is 13.4. The molecule has 1 aliphatic rings. The smallest absolute Gasteiger partial charge is 0.290 e. The lowest BCUT2D eigenvalue weighted by atomic mass is 10.1. The van der Waals surface area contributed by atoms with Crippen molar-refractivity contribution in [2.24, 2.45) is 0 Å². The predicted octanol–water partition coefficient (Wildman–Crippen LogP) is 4.68. The third-order valence-corrected chi connectivity index (χ3v) is 6.21. The predicted molar refractivity (Wildman–Crippen MR) is 130 cm³/mol. The summed E-state index contributed by atoms with van der Waals surface area (Å²) in [5.41, 5.74) is 2.11. The van der Waals surface area contributed by atoms with Crippen LogP contribution in [-0.2, 0) is 17.8 Å². The highest BCUT2D eigenvalue weighted by atomic mass is 19.1. The number of benzene rings is 3. The van der Waals surface area contributed by atoms with E-state index in [1.54, 1.807) is 21.9 Å². The number of nitrogens with zero attached hydrogens (tertiary/aromatic N) is 2. The van der Waals surface area contributed by atoms with Gasteiger partial charge in [-0.25, -0.2) is 4.39 Å². The van der Waals surface area contributed by atoms with Gasteiger partial charge in [0.25, 0.3) is 5.91 Å². The lowest BCUT2D eigenvalue weighted by molar-refractivity contribution is -0.131. The molecule has 35 heavy (non-hydrogen) atoms. The number of hydrogen-bond acceptors (Lipinski definition) is 4. The van der Waals surface area contributed by atoms with Crippen molar-refractivity contribution in [1.82, 2.24) is 9.80 Å². The molecule has 0 spiro atoms. The first kappa shape index (κ1) is 22.7. The van der Waals surface area contributed by atoms with E-state index < -0.39 is 0 Å². The zero-order valence-corrected chi connectivity index (χ0v) is 19.2. The van der Waals surface area contributed by atoms with Gasteiger partial charge in [-0.3, -0.25) is 9.59 Å². The molecule has 0 unspecified atom stereocenters. The highest BCUT2D eigenvalue weighted by Crippen LogP contribution is 2.28. The molecule has 0 aliphatic carbocycles. The standard InChI is InChI=1S/C28H25FN2O4/c29-21-12-10-20(11-13-21)18-26(32)30-14-16-31(17-15-30)28(33)27-24(19-34-22-6-2-1-3-7-22)23-8-4-5-9-25(23)35-27/h1-13H,14-19H2. The van der Waals surface area contributed by atoms with E-state index in [1.165, 1.54) is 12.1 Å². The summed E-state index contributed by atoms with van der Waals surface area (Å²) < 4.78 is 25.0. The highest BCUT2D eigenvalue weighted by Gasteiger charge is 2.29. The molecular weight excluding hydrogens is 447 g/mol. The zero-order valence-electron chi connectivity index (χ0n) is 19.2. The van der Waals surface area contributed by atoms with Gasteiger partial charge in [0.05, 0.1) is 6.42 Å². The Morgan fingerprint density at radius 2 is 1.49 bits per heavy atom. The third-order valence-electron chi connectivity index (χ3n) is 6.21. The van der Waals surface area contributed by atoms with E-state index >= 15 is 0 Å². The van der Waals surface area contributed by atoms with Crippen molar-refractivity contribution in [3.05, 3.63) is 102 Å². The van der Waals surface area contributed by atoms with E-state index in [1.807, 2.05) is 54.6 Å². The molecular formula is C28H25FN2O4. The van der Waals surface area contributed by atoms with Crippen LogP contribution in [-0.4, -0.2) is 47.8 Å². The Hall–Kier alpha value is -4.13. The molecule has 1 aliphatic heterocycles. The van der Waals surface area contributed by atoms with Crippen LogP contribution in [0.1, 0.15) is 21.7 Å². The molecule has 6 nitrogen and oxygen atoms in total. The molecule has 1 fully saturated rings. The van der Waals surface area contributed by atoms with Crippen LogP contribution >= 0.6 is 0 Å². The minimum Gasteiger partial charge on any atom is -0.489 e. The molecule has 0 radical (unpaired) electrons. The van der Waals surface area contributed by atoms with Gasteiger partial charge in [0, 0.05) is 37.1 Å². The summed E-state index contributed by atoms with van der Waals surface area (Å²) >= 11 is 0. The van der Waals surface area contributed by atoms with E-state index in [-0.39, 0.29) is 36.4 Å². The second-order valence-electron chi connectivity index (χ2n) is 8.48. The first-order valence-electron chi connectivity index (χ1n) is 11.6. The van der Waals surface area contributed by atoms with E-state index in [9.17, 15) is 14.0 Å². The Morgan fingerprint density at radius 3 is 2.23 bits per heavy atom. The van der Waals surface area contributed by atoms with E-state index in [2.05, 4.69) is 0 Å². The Balaban J connectivity index is 1.27. The number of para-hydroxylation sites is 2. The molecule has 5 rings (SSSR count). The van der Waals surface area contributed by atoms with Gasteiger partial charge in [0.1, 0.15) is 23.8 Å². The van der Waals surface area contributed by atoms with Crippen LogP contribution in [0.15, 0.2) is 83.3 Å². The van der Waals surface area contributed by atoms with E-state index in [0.717, 1.165) is 10.9 Å². The molecule has 0 bridgehead atoms. The fourth-order valence-corrected chi connectivity index (χ4v) is 4.28. The maximum Gasteiger partial charge on any atom is 0.290 e. The quantitative estimate of drug-likeness (QED) is 0.409. The first-order valence-corrected chi connectivity index (χ1v) is 11.6. The van der Waals surface area contributed by atoms with Gasteiger partial charge < -0.3 is 19.0 Å². The van der Waals surface area contributed by atoms with Crippen LogP contribution in [0.5, 0.6) is 5.75 Å². The van der Waals surface area contributed by atoms with Gasteiger partial charge in [-0.2, -0.15) is 0 Å². The van der Waals surface area contributed by atoms with E-state index in [4.69, 9.17) is 9.15 Å². The van der Waals surface area contributed by atoms with Crippen molar-refractivity contribution < 1.29 is 23.1 Å². The summed E-state index contributed by atoms with van der Waals surface area (Å²) in [6.07, 6.45) is 0.207. The molecule has 0 atom stereocenters. The lowest BCUT2D eigenvalue weighted by Gasteiger charge is -2.34. The normalized spacial score (nSPS) is 13.7. The molecule has 2 amide bonds. The highest BCUT2D eigenvalue weighted by molar-refractivity contribution is 5.99. The fourth-order valence-electron chi connectivity index (χ4n) is 4.28. The summed E-state index contributed by atoms with van der Waals surface area (Å²) in [5, 5.41) is 0.847. The second kappa shape index (κ2) is 10.0. The van der Waals surface area contributed by atoms with Crippen molar-refractivity contribution in [2.75, 3.05) is 26.2 Å². The van der Waals surface area contributed by atoms with Gasteiger partial charge in [-0.05, 0) is 35.9 Å². The van der Waals surface area contributed by atoms with Crippen molar-refractivity contribution in [3.8, 4) is 5.75 Å². The van der Waals surface area contributed by atoms with Crippen LogP contribution in [0.2, 0.25) is 0 Å². The molecule has 178 valence electrons. The molecule has 1 saturated heterocycles. The molecule has 0 N–H and O–H groups in total. The summed E-state index contributed by atoms with van der Waals surface area (Å²) in [4.78, 5) is 29.6. The van der Waals surface area contributed by atoms with Crippen LogP contribution in [0, 0.1) is 5.82 Å². The van der Waals surface area contributed by atoms with Crippen molar-refractivity contribution in [3.63, 3.8) is 0 Å². The molecule has 3 aromatic carbocycles. The largest absolute Gasteiger partial charge is 0.489 e. The summed E-state index contributed by atoms with van der Waals surface area (Å²) in [6.45, 7) is 1.88. The number of carbonyl (C=O) groups is 2. The number of hydrogen-bond donors (Lipinski definition) is 0. The molecule has 0 saturated carbocycles. The number of ether oxygens (including phenoxy) is 1. The lowest BCUT2D eigenvalue weighted by Crippen LogP contribution is -2.51. The van der Waals surface area contributed by atoms with Gasteiger partial charge in [-0.15, -0.1) is 0 Å². The van der Waals surface area contributed by atoms with Gasteiger partial charge in [0.2, 0.25) is 5.91 Å². The summed E-state index contributed by atoms with van der Waals surface area (Å²) in [7, 11) is 0. The Bertz CT molecular complexity index is 1330. The van der Waals surface area contributed by atoms with Crippen LogP contribution < -0.4 is 4.74 Å². The number of halogens is 1. The number of fused-ring (bicyclic) bond motifs is 1. The minimum atomic E-state index is -0.326. The molecule has 1 aromatic heterocycles. The topological polar surface area (TPSA) is 63.0 Å². The molecule has 2 heterocycles. The second-order valence-corrected chi connectivity index (χ2v) is 8.48. The number of amides is 2. The number of carbonyl (C=O) groups excluding carboxylic acids is 2. The molecule has 7 heteroatoms. The fraction of sp³-hybridized carbons (Fsp3) is 0.214. The molecule has 4 aromatic rings. The van der Waals surface area contributed by atoms with Gasteiger partial charge >= 0.3 is 0 Å². The number of rotatable bonds is 6.